The molecule has 0 bridgehead atoms. The number of halogens is 3. The predicted molar refractivity (Wildman–Crippen MR) is 71.3 cm³/mol. The fourth-order valence-corrected chi connectivity index (χ4v) is 2.43. The van der Waals surface area contributed by atoms with Crippen molar-refractivity contribution in [2.24, 2.45) is 0 Å². The van der Waals surface area contributed by atoms with Gasteiger partial charge in [0.1, 0.15) is 11.6 Å². The van der Waals surface area contributed by atoms with Crippen molar-refractivity contribution in [1.82, 2.24) is 0 Å². The third kappa shape index (κ3) is 2.77. The molecule has 18 heavy (non-hydrogen) atoms. The maximum Gasteiger partial charge on any atom is 0.162 e. The molecule has 96 valence electrons. The van der Waals surface area contributed by atoms with Crippen molar-refractivity contribution in [3.8, 4) is 6.07 Å². The third-order valence-corrected chi connectivity index (χ3v) is 4.08. The molecular formula is C12H11BrClFN2O. The number of nitrogens with one attached hydrogen (secondary N) is 1. The number of benzene rings is 1. The summed E-state index contributed by atoms with van der Waals surface area (Å²) in [5.41, 5.74) is 0.424. The van der Waals surface area contributed by atoms with Gasteiger partial charge in [-0.2, -0.15) is 5.26 Å². The molecule has 0 spiro atoms. The normalized spacial score (nSPS) is 16.3. The Morgan fingerprint density at radius 1 is 1.50 bits per heavy atom. The second-order valence-corrected chi connectivity index (χ2v) is 5.28. The van der Waals surface area contributed by atoms with Crippen LogP contribution in [-0.2, 0) is 4.74 Å². The molecule has 0 atom stereocenters. The van der Waals surface area contributed by atoms with E-state index < -0.39 is 5.82 Å². The van der Waals surface area contributed by atoms with E-state index in [1.165, 1.54) is 0 Å². The lowest BCUT2D eigenvalue weighted by molar-refractivity contribution is 0.0904. The van der Waals surface area contributed by atoms with Crippen LogP contribution in [0.1, 0.15) is 18.4 Å². The fourth-order valence-electron chi connectivity index (χ4n) is 1.88. The summed E-state index contributed by atoms with van der Waals surface area (Å²) in [5, 5.41) is 12.1. The molecule has 1 aliphatic heterocycles. The quantitative estimate of drug-likeness (QED) is 0.839. The van der Waals surface area contributed by atoms with E-state index in [0.717, 1.165) is 12.8 Å². The number of anilines is 1. The van der Waals surface area contributed by atoms with E-state index in [2.05, 4.69) is 21.2 Å². The van der Waals surface area contributed by atoms with Crippen LogP contribution in [0, 0.1) is 17.1 Å². The van der Waals surface area contributed by atoms with Gasteiger partial charge in [0.25, 0.3) is 0 Å². The first-order chi connectivity index (χ1) is 8.63. The molecule has 6 heteroatoms. The molecule has 0 aliphatic carbocycles. The predicted octanol–water partition coefficient (Wildman–Crippen LogP) is 3.70. The van der Waals surface area contributed by atoms with Crippen molar-refractivity contribution in [3.63, 3.8) is 0 Å². The van der Waals surface area contributed by atoms with Gasteiger partial charge in [-0.25, -0.2) is 4.39 Å². The van der Waals surface area contributed by atoms with Crippen LogP contribution in [0.3, 0.4) is 0 Å². The molecule has 0 unspecified atom stereocenters. The van der Waals surface area contributed by atoms with Crippen molar-refractivity contribution in [3.05, 3.63) is 26.9 Å². The smallest absolute Gasteiger partial charge is 0.162 e. The van der Waals surface area contributed by atoms with Gasteiger partial charge in [0.15, 0.2) is 5.82 Å². The van der Waals surface area contributed by atoms with E-state index in [9.17, 15) is 4.39 Å². The zero-order chi connectivity index (χ0) is 13.1. The topological polar surface area (TPSA) is 45.0 Å². The largest absolute Gasteiger partial charge is 0.381 e. The second kappa shape index (κ2) is 5.87. The van der Waals surface area contributed by atoms with Crippen molar-refractivity contribution in [1.29, 1.82) is 5.26 Å². The van der Waals surface area contributed by atoms with E-state index in [-0.39, 0.29) is 16.6 Å². The molecule has 2 rings (SSSR count). The summed E-state index contributed by atoms with van der Waals surface area (Å²) < 4.78 is 19.5. The highest BCUT2D eigenvalue weighted by Crippen LogP contribution is 2.33. The van der Waals surface area contributed by atoms with E-state index >= 15 is 0 Å². The van der Waals surface area contributed by atoms with Gasteiger partial charge < -0.3 is 10.1 Å². The van der Waals surface area contributed by atoms with Crippen LogP contribution in [0.2, 0.25) is 5.02 Å². The molecule has 1 fully saturated rings. The first kappa shape index (κ1) is 13.6. The highest BCUT2D eigenvalue weighted by Gasteiger charge is 2.19. The minimum atomic E-state index is -0.692. The number of rotatable bonds is 2. The molecule has 0 saturated carbocycles. The molecule has 0 amide bonds. The molecule has 1 heterocycles. The Kier molecular flexibility index (Phi) is 4.44. The van der Waals surface area contributed by atoms with Crippen LogP contribution in [-0.4, -0.2) is 19.3 Å². The average molecular weight is 334 g/mol. The summed E-state index contributed by atoms with van der Waals surface area (Å²) >= 11 is 8.93. The molecule has 1 N–H and O–H groups in total. The number of ether oxygens (including phenoxy) is 1. The van der Waals surface area contributed by atoms with E-state index in [0.29, 0.717) is 23.4 Å². The van der Waals surface area contributed by atoms with Crippen LogP contribution >= 0.6 is 27.5 Å². The number of hydrogen-bond acceptors (Lipinski definition) is 3. The molecule has 3 nitrogen and oxygen atoms in total. The summed E-state index contributed by atoms with van der Waals surface area (Å²) in [6.07, 6.45) is 1.68. The van der Waals surface area contributed by atoms with Crippen LogP contribution < -0.4 is 5.32 Å². The van der Waals surface area contributed by atoms with Gasteiger partial charge in [-0.1, -0.05) is 11.6 Å². The Labute approximate surface area is 118 Å². The molecular weight excluding hydrogens is 322 g/mol. The van der Waals surface area contributed by atoms with E-state index in [1.54, 1.807) is 6.07 Å². The maximum absolute atomic E-state index is 13.8. The van der Waals surface area contributed by atoms with E-state index in [1.807, 2.05) is 6.07 Å². The molecule has 0 radical (unpaired) electrons. The lowest BCUT2D eigenvalue weighted by atomic mass is 10.1. The van der Waals surface area contributed by atoms with Crippen LogP contribution in [0.5, 0.6) is 0 Å². The molecule has 1 aromatic carbocycles. The molecule has 1 aromatic rings. The number of nitrogens with zero attached hydrogens (tertiary/aromatic N) is 1. The number of hydrogen-bond donors (Lipinski definition) is 1. The van der Waals surface area contributed by atoms with Gasteiger partial charge in [-0.05, 0) is 34.8 Å². The standard InChI is InChI=1S/C12H11BrClFN2O/c13-9-5-10(8(6-16)12(15)11(9)14)17-7-1-3-18-4-2-7/h5,7,17H,1-4H2. The highest BCUT2D eigenvalue weighted by atomic mass is 79.9. The third-order valence-electron chi connectivity index (χ3n) is 2.86. The summed E-state index contributed by atoms with van der Waals surface area (Å²) in [5.74, 6) is -0.692. The van der Waals surface area contributed by atoms with Crippen LogP contribution in [0.15, 0.2) is 10.5 Å². The van der Waals surface area contributed by atoms with Gasteiger partial charge in [0.05, 0.1) is 10.7 Å². The molecule has 0 aromatic heterocycles. The summed E-state index contributed by atoms with van der Waals surface area (Å²) in [6, 6.07) is 3.68. The van der Waals surface area contributed by atoms with Crippen molar-refractivity contribution < 1.29 is 9.13 Å². The Morgan fingerprint density at radius 3 is 2.78 bits per heavy atom. The summed E-state index contributed by atoms with van der Waals surface area (Å²) in [4.78, 5) is 0. The fraction of sp³-hybridized carbons (Fsp3) is 0.417. The first-order valence-corrected chi connectivity index (χ1v) is 6.72. The Balaban J connectivity index is 2.29. The van der Waals surface area contributed by atoms with Crippen LogP contribution in [0.4, 0.5) is 10.1 Å². The van der Waals surface area contributed by atoms with Gasteiger partial charge in [-0.3, -0.25) is 0 Å². The average Bonchev–Trinajstić information content (AvgIpc) is 2.38. The maximum atomic E-state index is 13.8. The zero-order valence-corrected chi connectivity index (χ0v) is 11.8. The van der Waals surface area contributed by atoms with Crippen molar-refractivity contribution >= 4 is 33.2 Å². The Hall–Kier alpha value is -0.830. The summed E-state index contributed by atoms with van der Waals surface area (Å²) in [6.45, 7) is 1.35. The SMILES string of the molecule is N#Cc1c(NC2CCOCC2)cc(Br)c(Cl)c1F. The molecule has 1 saturated heterocycles. The molecule has 1 aliphatic rings. The van der Waals surface area contributed by atoms with Crippen molar-refractivity contribution in [2.75, 3.05) is 18.5 Å². The van der Waals surface area contributed by atoms with Crippen LogP contribution in [0.25, 0.3) is 0 Å². The minimum absolute atomic E-state index is 0.0466. The zero-order valence-electron chi connectivity index (χ0n) is 9.47. The Morgan fingerprint density at radius 2 is 2.17 bits per heavy atom. The monoisotopic (exact) mass is 332 g/mol. The van der Waals surface area contributed by atoms with Gasteiger partial charge in [-0.15, -0.1) is 0 Å². The van der Waals surface area contributed by atoms with Gasteiger partial charge in [0, 0.05) is 23.7 Å². The van der Waals surface area contributed by atoms with E-state index in [4.69, 9.17) is 21.6 Å². The van der Waals surface area contributed by atoms with Gasteiger partial charge in [0.2, 0.25) is 0 Å². The Bertz CT molecular complexity index is 498. The summed E-state index contributed by atoms with van der Waals surface area (Å²) in [7, 11) is 0. The lowest BCUT2D eigenvalue weighted by Crippen LogP contribution is -2.28. The minimum Gasteiger partial charge on any atom is -0.381 e. The van der Waals surface area contributed by atoms with Gasteiger partial charge >= 0.3 is 0 Å². The number of nitriles is 1. The second-order valence-electron chi connectivity index (χ2n) is 4.05. The lowest BCUT2D eigenvalue weighted by Gasteiger charge is -2.25. The first-order valence-electron chi connectivity index (χ1n) is 5.55. The van der Waals surface area contributed by atoms with Crippen molar-refractivity contribution in [2.45, 2.75) is 18.9 Å². The highest BCUT2D eigenvalue weighted by molar-refractivity contribution is 9.10.